The Morgan fingerprint density at radius 2 is 1.94 bits per heavy atom. The molecular weight excluding hydrogens is 244 g/mol. The first-order valence-corrected chi connectivity index (χ1v) is 7.23. The van der Waals surface area contributed by atoms with Crippen molar-refractivity contribution in [1.29, 1.82) is 0 Å². The van der Waals surface area contributed by atoms with Gasteiger partial charge >= 0.3 is 0 Å². The summed E-state index contributed by atoms with van der Waals surface area (Å²) in [4.78, 5) is 2.43. The number of benzene rings is 1. The van der Waals surface area contributed by atoms with E-state index in [4.69, 9.17) is 11.6 Å². The van der Waals surface area contributed by atoms with Crippen LogP contribution in [-0.4, -0.2) is 31.1 Å². The molecule has 1 fully saturated rings. The smallest absolute Gasteiger partial charge is 0.0406 e. The van der Waals surface area contributed by atoms with Crippen LogP contribution in [0.4, 0.5) is 0 Å². The highest BCUT2D eigenvalue weighted by atomic mass is 35.5. The molecule has 0 bridgehead atoms. The van der Waals surface area contributed by atoms with Gasteiger partial charge < -0.3 is 10.2 Å². The fourth-order valence-corrected chi connectivity index (χ4v) is 2.73. The van der Waals surface area contributed by atoms with Crippen molar-refractivity contribution in [3.05, 3.63) is 34.9 Å². The fourth-order valence-electron chi connectivity index (χ4n) is 2.61. The van der Waals surface area contributed by atoms with Crippen molar-refractivity contribution in [3.63, 3.8) is 0 Å². The Kier molecular flexibility index (Phi) is 5.04. The molecule has 0 amide bonds. The molecule has 0 saturated carbocycles. The first-order chi connectivity index (χ1) is 8.65. The van der Waals surface area contributed by atoms with E-state index in [1.807, 2.05) is 12.1 Å². The predicted octanol–water partition coefficient (Wildman–Crippen LogP) is 3.47. The van der Waals surface area contributed by atoms with E-state index in [-0.39, 0.29) is 0 Å². The van der Waals surface area contributed by atoms with Gasteiger partial charge in [-0.25, -0.2) is 0 Å². The third kappa shape index (κ3) is 3.98. The molecule has 1 aromatic carbocycles. The zero-order valence-corrected chi connectivity index (χ0v) is 12.1. The summed E-state index contributed by atoms with van der Waals surface area (Å²) in [6.45, 7) is 4.66. The van der Waals surface area contributed by atoms with Gasteiger partial charge in [-0.1, -0.05) is 23.7 Å². The Hall–Kier alpha value is -0.570. The van der Waals surface area contributed by atoms with E-state index in [1.54, 1.807) is 0 Å². The van der Waals surface area contributed by atoms with Crippen molar-refractivity contribution in [3.8, 4) is 0 Å². The van der Waals surface area contributed by atoms with Crippen LogP contribution in [0.2, 0.25) is 5.02 Å². The Balaban J connectivity index is 1.90. The molecule has 2 nitrogen and oxygen atoms in total. The minimum absolute atomic E-state index is 0.399. The van der Waals surface area contributed by atoms with Crippen molar-refractivity contribution in [2.45, 2.75) is 38.3 Å². The summed E-state index contributed by atoms with van der Waals surface area (Å²) in [5.41, 5.74) is 1.32. The zero-order chi connectivity index (χ0) is 13.0. The second-order valence-corrected chi connectivity index (χ2v) is 5.81. The van der Waals surface area contributed by atoms with Gasteiger partial charge in [0, 0.05) is 17.1 Å². The van der Waals surface area contributed by atoms with Crippen molar-refractivity contribution in [2.75, 3.05) is 20.1 Å². The van der Waals surface area contributed by atoms with E-state index in [0.717, 1.165) is 5.02 Å². The van der Waals surface area contributed by atoms with Gasteiger partial charge in [-0.2, -0.15) is 0 Å². The second-order valence-electron chi connectivity index (χ2n) is 5.37. The van der Waals surface area contributed by atoms with E-state index < -0.39 is 0 Å². The van der Waals surface area contributed by atoms with Gasteiger partial charge in [0.1, 0.15) is 0 Å². The summed E-state index contributed by atoms with van der Waals surface area (Å²) in [6, 6.07) is 9.20. The predicted molar refractivity (Wildman–Crippen MR) is 78.1 cm³/mol. The highest BCUT2D eigenvalue weighted by molar-refractivity contribution is 6.30. The molecule has 1 saturated heterocycles. The van der Waals surface area contributed by atoms with Gasteiger partial charge in [-0.3, -0.25) is 0 Å². The molecule has 0 aromatic heterocycles. The number of hydrogen-bond acceptors (Lipinski definition) is 2. The Morgan fingerprint density at radius 1 is 1.22 bits per heavy atom. The summed E-state index contributed by atoms with van der Waals surface area (Å²) in [7, 11) is 2.21. The number of nitrogens with zero attached hydrogens (tertiary/aromatic N) is 1. The minimum Gasteiger partial charge on any atom is -0.307 e. The van der Waals surface area contributed by atoms with Crippen molar-refractivity contribution < 1.29 is 0 Å². The average Bonchev–Trinajstić information content (AvgIpc) is 2.55. The summed E-state index contributed by atoms with van der Waals surface area (Å²) >= 11 is 5.92. The molecule has 1 aromatic rings. The van der Waals surface area contributed by atoms with Gasteiger partial charge in [0.05, 0.1) is 0 Å². The van der Waals surface area contributed by atoms with E-state index in [9.17, 15) is 0 Å². The summed E-state index contributed by atoms with van der Waals surface area (Å²) in [5, 5.41) is 4.55. The van der Waals surface area contributed by atoms with Gasteiger partial charge in [0.25, 0.3) is 0 Å². The van der Waals surface area contributed by atoms with Crippen LogP contribution in [0, 0.1) is 0 Å². The molecule has 2 atom stereocenters. The lowest BCUT2D eigenvalue weighted by Crippen LogP contribution is -2.32. The molecule has 1 aliphatic rings. The third-order valence-corrected chi connectivity index (χ3v) is 4.06. The van der Waals surface area contributed by atoms with Gasteiger partial charge in [-0.15, -0.1) is 0 Å². The third-order valence-electron chi connectivity index (χ3n) is 3.81. The molecule has 1 N–H and O–H groups in total. The molecule has 2 rings (SSSR count). The molecule has 100 valence electrons. The maximum atomic E-state index is 5.92. The van der Waals surface area contributed by atoms with Crippen molar-refractivity contribution >= 4 is 11.6 Å². The molecule has 0 aliphatic carbocycles. The highest BCUT2D eigenvalue weighted by Gasteiger charge is 2.17. The lowest BCUT2D eigenvalue weighted by Gasteiger charge is -2.22. The summed E-state index contributed by atoms with van der Waals surface area (Å²) < 4.78 is 0. The molecular formula is C15H23ClN2. The van der Waals surface area contributed by atoms with E-state index in [1.165, 1.54) is 37.9 Å². The van der Waals surface area contributed by atoms with E-state index >= 15 is 0 Å². The van der Waals surface area contributed by atoms with Crippen LogP contribution < -0.4 is 5.32 Å². The SMILES string of the molecule is C[C@@H](NC1CCCN(C)CC1)c1ccc(Cl)cc1. The summed E-state index contributed by atoms with van der Waals surface area (Å²) in [6.07, 6.45) is 3.82. The van der Waals surface area contributed by atoms with Gasteiger partial charge in [0.2, 0.25) is 0 Å². The van der Waals surface area contributed by atoms with Gasteiger partial charge in [0.15, 0.2) is 0 Å². The molecule has 1 aliphatic heterocycles. The Bertz CT molecular complexity index is 363. The fraction of sp³-hybridized carbons (Fsp3) is 0.600. The number of nitrogens with one attached hydrogen (secondary N) is 1. The zero-order valence-electron chi connectivity index (χ0n) is 11.3. The van der Waals surface area contributed by atoms with Crippen LogP contribution >= 0.6 is 11.6 Å². The number of halogens is 1. The molecule has 18 heavy (non-hydrogen) atoms. The molecule has 1 heterocycles. The van der Waals surface area contributed by atoms with Crippen molar-refractivity contribution in [1.82, 2.24) is 10.2 Å². The topological polar surface area (TPSA) is 15.3 Å². The van der Waals surface area contributed by atoms with Crippen LogP contribution in [-0.2, 0) is 0 Å². The maximum absolute atomic E-state index is 5.92. The quantitative estimate of drug-likeness (QED) is 0.901. The molecule has 0 spiro atoms. The lowest BCUT2D eigenvalue weighted by atomic mass is 10.0. The van der Waals surface area contributed by atoms with Crippen LogP contribution in [0.25, 0.3) is 0 Å². The minimum atomic E-state index is 0.399. The first-order valence-electron chi connectivity index (χ1n) is 6.85. The molecule has 0 radical (unpaired) electrons. The Morgan fingerprint density at radius 3 is 2.67 bits per heavy atom. The van der Waals surface area contributed by atoms with Gasteiger partial charge in [-0.05, 0) is 64.0 Å². The number of likely N-dealkylation sites (tertiary alicyclic amines) is 1. The highest BCUT2D eigenvalue weighted by Crippen LogP contribution is 2.19. The largest absolute Gasteiger partial charge is 0.307 e. The van der Waals surface area contributed by atoms with Crippen LogP contribution in [0.1, 0.15) is 37.8 Å². The van der Waals surface area contributed by atoms with Crippen molar-refractivity contribution in [2.24, 2.45) is 0 Å². The average molecular weight is 267 g/mol. The monoisotopic (exact) mass is 266 g/mol. The lowest BCUT2D eigenvalue weighted by molar-refractivity contribution is 0.340. The van der Waals surface area contributed by atoms with Crippen LogP contribution in [0.15, 0.2) is 24.3 Å². The van der Waals surface area contributed by atoms with E-state index in [2.05, 4.69) is 36.3 Å². The number of rotatable bonds is 3. The first kappa shape index (κ1) is 13.9. The molecule has 1 unspecified atom stereocenters. The maximum Gasteiger partial charge on any atom is 0.0406 e. The van der Waals surface area contributed by atoms with E-state index in [0.29, 0.717) is 12.1 Å². The summed E-state index contributed by atoms with van der Waals surface area (Å²) in [5.74, 6) is 0. The number of hydrogen-bond donors (Lipinski definition) is 1. The second kappa shape index (κ2) is 6.55. The Labute approximate surface area is 115 Å². The van der Waals surface area contributed by atoms with Crippen LogP contribution in [0.3, 0.4) is 0 Å². The normalized spacial score (nSPS) is 23.6. The standard InChI is InChI=1S/C15H23ClN2/c1-12(13-5-7-14(16)8-6-13)17-15-4-3-10-18(2)11-9-15/h5-8,12,15,17H,3-4,9-11H2,1-2H3/t12-,15?/m1/s1. The molecule has 3 heteroatoms. The van der Waals surface area contributed by atoms with Crippen LogP contribution in [0.5, 0.6) is 0 Å².